The van der Waals surface area contributed by atoms with Gasteiger partial charge in [-0.05, 0) is 50.6 Å². The van der Waals surface area contributed by atoms with Crippen LogP contribution in [-0.2, 0) is 4.79 Å². The van der Waals surface area contributed by atoms with E-state index in [1.165, 1.54) is 0 Å². The first kappa shape index (κ1) is 18.9. The van der Waals surface area contributed by atoms with E-state index in [2.05, 4.69) is 17.6 Å². The monoisotopic (exact) mass is 344 g/mol. The molecule has 2 rings (SSSR count). The highest BCUT2D eigenvalue weighted by molar-refractivity contribution is 6.30. The zero-order valence-corrected chi connectivity index (χ0v) is 14.2. The minimum absolute atomic E-state index is 0. The lowest BCUT2D eigenvalue weighted by Crippen LogP contribution is -2.46. The molecule has 1 amide bonds. The van der Waals surface area contributed by atoms with Crippen LogP contribution in [-0.4, -0.2) is 30.3 Å². The van der Waals surface area contributed by atoms with Crippen LogP contribution >= 0.6 is 24.0 Å². The van der Waals surface area contributed by atoms with Gasteiger partial charge in [0, 0.05) is 35.5 Å². The van der Waals surface area contributed by atoms with Gasteiger partial charge in [-0.1, -0.05) is 11.6 Å². The smallest absolute Gasteiger partial charge is 0.220 e. The number of halogens is 2. The van der Waals surface area contributed by atoms with Crippen LogP contribution in [0.4, 0.5) is 0 Å². The maximum Gasteiger partial charge on any atom is 0.220 e. The summed E-state index contributed by atoms with van der Waals surface area (Å²) >= 11 is 5.78. The van der Waals surface area contributed by atoms with E-state index in [0.717, 1.165) is 19.4 Å². The van der Waals surface area contributed by atoms with Gasteiger partial charge in [-0.3, -0.25) is 9.59 Å². The third-order valence-corrected chi connectivity index (χ3v) is 3.99. The van der Waals surface area contributed by atoms with Crippen molar-refractivity contribution in [3.63, 3.8) is 0 Å². The van der Waals surface area contributed by atoms with Crippen molar-refractivity contribution >= 4 is 35.7 Å². The number of piperidine rings is 1. The van der Waals surface area contributed by atoms with E-state index in [9.17, 15) is 9.59 Å². The third kappa shape index (κ3) is 5.95. The zero-order valence-electron chi connectivity index (χ0n) is 12.6. The zero-order chi connectivity index (χ0) is 15.2. The fraction of sp³-hybridized carbons (Fsp3) is 0.500. The number of ketones is 1. The van der Waals surface area contributed by atoms with Crippen molar-refractivity contribution in [2.24, 2.45) is 0 Å². The molecule has 1 heterocycles. The second-order valence-electron chi connectivity index (χ2n) is 5.57. The quantitative estimate of drug-likeness (QED) is 0.807. The molecule has 2 unspecified atom stereocenters. The average molecular weight is 345 g/mol. The Morgan fingerprint density at radius 3 is 2.59 bits per heavy atom. The van der Waals surface area contributed by atoms with Crippen molar-refractivity contribution in [3.05, 3.63) is 34.9 Å². The Balaban J connectivity index is 0.00000242. The lowest BCUT2D eigenvalue weighted by Gasteiger charge is -2.28. The first-order valence-electron chi connectivity index (χ1n) is 7.36. The number of Topliss-reactive ketones (excluding diaryl/α,β-unsaturated/α-hetero) is 1. The standard InChI is InChI=1S/C16H21ClN2O2.ClH/c1-11-10-14(8-9-18-11)19-16(21)7-6-15(20)12-2-4-13(17)5-3-12;/h2-5,11,14,18H,6-10H2,1H3,(H,19,21);1H. The van der Waals surface area contributed by atoms with Crippen LogP contribution in [0.2, 0.25) is 5.02 Å². The Kier molecular flexibility index (Phi) is 7.87. The summed E-state index contributed by atoms with van der Waals surface area (Å²) in [4.78, 5) is 23.9. The molecule has 0 aliphatic carbocycles. The molecule has 1 aromatic rings. The molecule has 0 spiro atoms. The Bertz CT molecular complexity index is 505. The first-order valence-corrected chi connectivity index (χ1v) is 7.74. The molecule has 0 saturated carbocycles. The van der Waals surface area contributed by atoms with E-state index in [-0.39, 0.29) is 43.0 Å². The molecule has 0 bridgehead atoms. The number of benzene rings is 1. The van der Waals surface area contributed by atoms with E-state index >= 15 is 0 Å². The van der Waals surface area contributed by atoms with Crippen molar-refractivity contribution in [1.29, 1.82) is 0 Å². The summed E-state index contributed by atoms with van der Waals surface area (Å²) < 4.78 is 0. The maximum absolute atomic E-state index is 12.0. The highest BCUT2D eigenvalue weighted by Crippen LogP contribution is 2.12. The number of carbonyl (C=O) groups excluding carboxylic acids is 2. The molecule has 1 saturated heterocycles. The Morgan fingerprint density at radius 1 is 1.27 bits per heavy atom. The summed E-state index contributed by atoms with van der Waals surface area (Å²) in [5, 5.41) is 6.96. The third-order valence-electron chi connectivity index (χ3n) is 3.73. The molecule has 6 heteroatoms. The number of hydrogen-bond acceptors (Lipinski definition) is 3. The molecule has 22 heavy (non-hydrogen) atoms. The molecule has 0 aromatic heterocycles. The van der Waals surface area contributed by atoms with Crippen molar-refractivity contribution in [1.82, 2.24) is 10.6 Å². The number of nitrogens with one attached hydrogen (secondary N) is 2. The summed E-state index contributed by atoms with van der Waals surface area (Å²) in [6, 6.07) is 7.41. The molecular weight excluding hydrogens is 323 g/mol. The Hall–Kier alpha value is -1.10. The van der Waals surface area contributed by atoms with Gasteiger partial charge in [-0.15, -0.1) is 12.4 Å². The summed E-state index contributed by atoms with van der Waals surface area (Å²) in [6.45, 7) is 3.04. The van der Waals surface area contributed by atoms with Gasteiger partial charge in [0.25, 0.3) is 0 Å². The Labute approximate surface area is 142 Å². The minimum atomic E-state index is -0.0450. The molecule has 122 valence electrons. The van der Waals surface area contributed by atoms with E-state index < -0.39 is 0 Å². The number of carbonyl (C=O) groups is 2. The average Bonchev–Trinajstić information content (AvgIpc) is 2.45. The predicted molar refractivity (Wildman–Crippen MR) is 90.9 cm³/mol. The lowest BCUT2D eigenvalue weighted by molar-refractivity contribution is -0.122. The van der Waals surface area contributed by atoms with Crippen LogP contribution in [0.15, 0.2) is 24.3 Å². The van der Waals surface area contributed by atoms with Crippen LogP contribution in [0.3, 0.4) is 0 Å². The Morgan fingerprint density at radius 2 is 1.95 bits per heavy atom. The maximum atomic E-state index is 12.0. The summed E-state index contributed by atoms with van der Waals surface area (Å²) in [5.74, 6) is -0.0723. The molecule has 0 radical (unpaired) electrons. The van der Waals surface area contributed by atoms with E-state index in [1.807, 2.05) is 0 Å². The van der Waals surface area contributed by atoms with Gasteiger partial charge in [0.15, 0.2) is 5.78 Å². The van der Waals surface area contributed by atoms with Crippen LogP contribution in [0, 0.1) is 0 Å². The fourth-order valence-electron chi connectivity index (χ4n) is 2.57. The number of amides is 1. The van der Waals surface area contributed by atoms with Gasteiger partial charge in [0.2, 0.25) is 5.91 Å². The van der Waals surface area contributed by atoms with Crippen molar-refractivity contribution in [2.75, 3.05) is 6.54 Å². The topological polar surface area (TPSA) is 58.2 Å². The minimum Gasteiger partial charge on any atom is -0.353 e. The molecule has 1 aliphatic heterocycles. The van der Waals surface area contributed by atoms with Gasteiger partial charge in [0.1, 0.15) is 0 Å². The van der Waals surface area contributed by atoms with Gasteiger partial charge in [-0.25, -0.2) is 0 Å². The summed E-state index contributed by atoms with van der Waals surface area (Å²) in [5.41, 5.74) is 0.600. The van der Waals surface area contributed by atoms with Crippen molar-refractivity contribution in [2.45, 2.75) is 44.7 Å². The van der Waals surface area contributed by atoms with Gasteiger partial charge >= 0.3 is 0 Å². The SMILES string of the molecule is CC1CC(NC(=O)CCC(=O)c2ccc(Cl)cc2)CCN1.Cl. The summed E-state index contributed by atoms with van der Waals surface area (Å²) in [7, 11) is 0. The highest BCUT2D eigenvalue weighted by atomic mass is 35.5. The van der Waals surface area contributed by atoms with Crippen LogP contribution < -0.4 is 10.6 Å². The predicted octanol–water partition coefficient (Wildman–Crippen LogP) is 2.98. The van der Waals surface area contributed by atoms with Crippen molar-refractivity contribution in [3.8, 4) is 0 Å². The van der Waals surface area contributed by atoms with Gasteiger partial charge in [-0.2, -0.15) is 0 Å². The van der Waals surface area contributed by atoms with Crippen LogP contribution in [0.1, 0.15) is 43.0 Å². The molecule has 1 fully saturated rings. The molecular formula is C16H22Cl2N2O2. The number of hydrogen-bond donors (Lipinski definition) is 2. The normalized spacial score (nSPS) is 20.8. The molecule has 4 nitrogen and oxygen atoms in total. The van der Waals surface area contributed by atoms with Crippen LogP contribution in [0.25, 0.3) is 0 Å². The molecule has 1 aromatic carbocycles. The van der Waals surface area contributed by atoms with E-state index in [1.54, 1.807) is 24.3 Å². The van der Waals surface area contributed by atoms with Gasteiger partial charge in [0.05, 0.1) is 0 Å². The number of rotatable bonds is 5. The van der Waals surface area contributed by atoms with E-state index in [4.69, 9.17) is 11.6 Å². The van der Waals surface area contributed by atoms with E-state index in [0.29, 0.717) is 16.6 Å². The second kappa shape index (κ2) is 9.13. The molecule has 1 aliphatic rings. The second-order valence-corrected chi connectivity index (χ2v) is 6.01. The lowest BCUT2D eigenvalue weighted by atomic mass is 10.00. The summed E-state index contributed by atoms with van der Waals surface area (Å²) in [6.07, 6.45) is 2.35. The fourth-order valence-corrected chi connectivity index (χ4v) is 2.70. The molecule has 2 atom stereocenters. The molecule has 2 N–H and O–H groups in total. The van der Waals surface area contributed by atoms with Crippen molar-refractivity contribution < 1.29 is 9.59 Å². The van der Waals surface area contributed by atoms with Crippen LogP contribution in [0.5, 0.6) is 0 Å². The first-order chi connectivity index (χ1) is 10.0. The van der Waals surface area contributed by atoms with Gasteiger partial charge < -0.3 is 10.6 Å². The highest BCUT2D eigenvalue weighted by Gasteiger charge is 2.20. The largest absolute Gasteiger partial charge is 0.353 e.